The van der Waals surface area contributed by atoms with Crippen LogP contribution in [0, 0.1) is 0 Å². The minimum absolute atomic E-state index is 0.0922. The second-order valence-corrected chi connectivity index (χ2v) is 6.39. The first kappa shape index (κ1) is 14.8. The van der Waals surface area contributed by atoms with E-state index in [1.807, 2.05) is 61.7 Å². The van der Waals surface area contributed by atoms with E-state index in [0.717, 1.165) is 11.1 Å². The number of fused-ring (bicyclic) bond motifs is 2. The van der Waals surface area contributed by atoms with Crippen molar-refractivity contribution in [3.05, 3.63) is 42.7 Å². The summed E-state index contributed by atoms with van der Waals surface area (Å²) in [5.74, 6) is 0. The van der Waals surface area contributed by atoms with E-state index in [9.17, 15) is 5.11 Å². The molecule has 0 amide bonds. The first-order chi connectivity index (χ1) is 11.1. The van der Waals surface area contributed by atoms with Crippen molar-refractivity contribution in [1.29, 1.82) is 0 Å². The predicted molar refractivity (Wildman–Crippen MR) is 84.8 cm³/mol. The highest BCUT2D eigenvalue weighted by atomic mass is 16.7. The molecule has 23 heavy (non-hydrogen) atoms. The topological polar surface area (TPSA) is 59.8 Å². The minimum Gasteiger partial charge on any atom is -0.389 e. The highest BCUT2D eigenvalue weighted by molar-refractivity contribution is 5.61. The van der Waals surface area contributed by atoms with Gasteiger partial charge in [-0.05, 0) is 19.7 Å². The Bertz CT molecular complexity index is 673. The molecule has 3 heterocycles. The zero-order valence-electron chi connectivity index (χ0n) is 13.2. The van der Waals surface area contributed by atoms with Crippen LogP contribution in [0.5, 0.6) is 0 Å². The van der Waals surface area contributed by atoms with Gasteiger partial charge in [-0.15, -0.1) is 0 Å². The van der Waals surface area contributed by atoms with Crippen molar-refractivity contribution in [3.8, 4) is 11.1 Å². The number of aromatic nitrogens is 2. The zero-order chi connectivity index (χ0) is 16.0. The van der Waals surface area contributed by atoms with Gasteiger partial charge >= 0.3 is 0 Å². The standard InChI is InChI=1S/C17H21N3O3/c1-19(2)14-13-10-22-17(23-13)15(16(14)21)20-9-12(8-18-20)11-6-4-3-5-7-11/h3-9,13-17,21H,10H2,1-2H3. The van der Waals surface area contributed by atoms with Gasteiger partial charge in [0.2, 0.25) is 0 Å². The van der Waals surface area contributed by atoms with Crippen molar-refractivity contribution in [2.75, 3.05) is 20.7 Å². The molecule has 0 aliphatic carbocycles. The van der Waals surface area contributed by atoms with E-state index in [1.165, 1.54) is 0 Å². The third-order valence-corrected chi connectivity index (χ3v) is 4.70. The average Bonchev–Trinajstić information content (AvgIpc) is 3.17. The van der Waals surface area contributed by atoms with Crippen molar-refractivity contribution < 1.29 is 14.6 Å². The summed E-state index contributed by atoms with van der Waals surface area (Å²) >= 11 is 0. The van der Waals surface area contributed by atoms with E-state index in [-0.39, 0.29) is 18.2 Å². The first-order valence-corrected chi connectivity index (χ1v) is 7.86. The second-order valence-electron chi connectivity index (χ2n) is 6.39. The molecular weight excluding hydrogens is 294 g/mol. The zero-order valence-corrected chi connectivity index (χ0v) is 13.2. The van der Waals surface area contributed by atoms with Crippen LogP contribution in [-0.2, 0) is 9.47 Å². The summed E-state index contributed by atoms with van der Waals surface area (Å²) in [5, 5.41) is 15.3. The number of benzene rings is 1. The second kappa shape index (κ2) is 5.72. The lowest BCUT2D eigenvalue weighted by Crippen LogP contribution is -2.57. The van der Waals surface area contributed by atoms with Crippen LogP contribution in [0.4, 0.5) is 0 Å². The molecule has 2 aromatic rings. The lowest BCUT2D eigenvalue weighted by molar-refractivity contribution is -0.181. The van der Waals surface area contributed by atoms with Gasteiger partial charge in [0.1, 0.15) is 12.1 Å². The molecule has 4 rings (SSSR count). The van der Waals surface area contributed by atoms with Crippen molar-refractivity contribution in [2.24, 2.45) is 0 Å². The summed E-state index contributed by atoms with van der Waals surface area (Å²) in [6.45, 7) is 0.508. The third kappa shape index (κ3) is 2.48. The van der Waals surface area contributed by atoms with Gasteiger partial charge in [0.25, 0.3) is 0 Å². The Balaban J connectivity index is 1.66. The summed E-state index contributed by atoms with van der Waals surface area (Å²) in [7, 11) is 3.90. The Kier molecular flexibility index (Phi) is 3.69. The van der Waals surface area contributed by atoms with E-state index < -0.39 is 12.4 Å². The van der Waals surface area contributed by atoms with E-state index in [2.05, 4.69) is 5.10 Å². The molecule has 6 heteroatoms. The minimum atomic E-state index is -0.597. The number of aliphatic hydroxyl groups excluding tert-OH is 1. The van der Waals surface area contributed by atoms with Crippen LogP contribution in [0.25, 0.3) is 11.1 Å². The largest absolute Gasteiger partial charge is 0.389 e. The molecule has 6 nitrogen and oxygen atoms in total. The molecule has 122 valence electrons. The van der Waals surface area contributed by atoms with Crippen LogP contribution in [0.15, 0.2) is 42.7 Å². The van der Waals surface area contributed by atoms with E-state index in [4.69, 9.17) is 9.47 Å². The highest BCUT2D eigenvalue weighted by Gasteiger charge is 2.52. The van der Waals surface area contributed by atoms with Gasteiger partial charge in [-0.1, -0.05) is 30.3 Å². The van der Waals surface area contributed by atoms with Crippen molar-refractivity contribution >= 4 is 0 Å². The van der Waals surface area contributed by atoms with Crippen LogP contribution in [0.1, 0.15) is 6.04 Å². The Hall–Kier alpha value is -1.73. The number of hydrogen-bond acceptors (Lipinski definition) is 5. The van der Waals surface area contributed by atoms with Gasteiger partial charge in [0, 0.05) is 11.8 Å². The fourth-order valence-corrected chi connectivity index (χ4v) is 3.58. The number of ether oxygens (including phenoxy) is 2. The molecule has 2 bridgehead atoms. The van der Waals surface area contributed by atoms with Gasteiger partial charge in [-0.3, -0.25) is 4.68 Å². The van der Waals surface area contributed by atoms with Gasteiger partial charge in [0.05, 0.1) is 24.9 Å². The Labute approximate surface area is 135 Å². The van der Waals surface area contributed by atoms with Gasteiger partial charge in [0.15, 0.2) is 6.29 Å². The van der Waals surface area contributed by atoms with Gasteiger partial charge in [-0.2, -0.15) is 5.10 Å². The fourth-order valence-electron chi connectivity index (χ4n) is 3.58. The monoisotopic (exact) mass is 315 g/mol. The maximum absolute atomic E-state index is 10.9. The molecule has 0 spiro atoms. The quantitative estimate of drug-likeness (QED) is 0.920. The molecule has 5 atom stereocenters. The number of rotatable bonds is 3. The first-order valence-electron chi connectivity index (χ1n) is 7.86. The smallest absolute Gasteiger partial charge is 0.183 e. The normalized spacial score (nSPS) is 33.3. The van der Waals surface area contributed by atoms with Crippen molar-refractivity contribution in [2.45, 2.75) is 30.6 Å². The fraction of sp³-hybridized carbons (Fsp3) is 0.471. The predicted octanol–water partition coefficient (Wildman–Crippen LogP) is 1.14. The molecule has 2 saturated heterocycles. The maximum Gasteiger partial charge on any atom is 0.183 e. The highest BCUT2D eigenvalue weighted by Crippen LogP contribution is 2.37. The molecule has 2 aliphatic heterocycles. The molecule has 0 radical (unpaired) electrons. The average molecular weight is 315 g/mol. The van der Waals surface area contributed by atoms with E-state index in [0.29, 0.717) is 6.61 Å². The third-order valence-electron chi connectivity index (χ3n) is 4.70. The molecule has 2 aliphatic rings. The van der Waals surface area contributed by atoms with E-state index in [1.54, 1.807) is 4.68 Å². The SMILES string of the molecule is CN(C)C1C2COC(O2)C(n2cc(-c3ccccc3)cn2)C1O. The molecule has 5 unspecified atom stereocenters. The van der Waals surface area contributed by atoms with Crippen LogP contribution in [-0.4, -0.2) is 65.0 Å². The Morgan fingerprint density at radius 3 is 2.74 bits per heavy atom. The van der Waals surface area contributed by atoms with Gasteiger partial charge in [-0.25, -0.2) is 0 Å². The van der Waals surface area contributed by atoms with Crippen molar-refractivity contribution in [1.82, 2.24) is 14.7 Å². The molecule has 0 saturated carbocycles. The molecule has 1 aromatic carbocycles. The number of aliphatic hydroxyl groups is 1. The van der Waals surface area contributed by atoms with Gasteiger partial charge < -0.3 is 19.5 Å². The summed E-state index contributed by atoms with van der Waals surface area (Å²) in [6, 6.07) is 9.61. The number of nitrogens with zero attached hydrogens (tertiary/aromatic N) is 3. The maximum atomic E-state index is 10.9. The Morgan fingerprint density at radius 1 is 1.22 bits per heavy atom. The summed E-state index contributed by atoms with van der Waals surface area (Å²) < 4.78 is 13.5. The molecular formula is C17H21N3O3. The van der Waals surface area contributed by atoms with Crippen LogP contribution < -0.4 is 0 Å². The summed E-state index contributed by atoms with van der Waals surface area (Å²) in [4.78, 5) is 1.99. The molecule has 1 N–H and O–H groups in total. The van der Waals surface area contributed by atoms with Crippen LogP contribution in [0.3, 0.4) is 0 Å². The lowest BCUT2D eigenvalue weighted by atomic mass is 9.95. The van der Waals surface area contributed by atoms with Crippen molar-refractivity contribution in [3.63, 3.8) is 0 Å². The lowest BCUT2D eigenvalue weighted by Gasteiger charge is -2.41. The number of hydrogen-bond donors (Lipinski definition) is 1. The number of likely N-dealkylation sites (N-methyl/N-ethyl adjacent to an activating group) is 1. The van der Waals surface area contributed by atoms with Crippen LogP contribution >= 0.6 is 0 Å². The molecule has 2 fully saturated rings. The summed E-state index contributed by atoms with van der Waals surface area (Å²) in [5.41, 5.74) is 2.11. The van der Waals surface area contributed by atoms with Crippen LogP contribution in [0.2, 0.25) is 0 Å². The Morgan fingerprint density at radius 2 is 2.00 bits per heavy atom. The summed E-state index contributed by atoms with van der Waals surface area (Å²) in [6.07, 6.45) is 2.62. The molecule has 1 aromatic heterocycles. The van der Waals surface area contributed by atoms with E-state index >= 15 is 0 Å².